The van der Waals surface area contributed by atoms with Crippen molar-refractivity contribution in [1.82, 2.24) is 4.90 Å². The molecule has 0 saturated heterocycles. The Balaban J connectivity index is 2.26. The molecular weight excluding hydrogens is 216 g/mol. The fraction of sp³-hybridized carbons (Fsp3) is 0.462. The fourth-order valence-electron chi connectivity index (χ4n) is 2.63. The van der Waals surface area contributed by atoms with E-state index in [0.29, 0.717) is 5.75 Å². The molecule has 1 aliphatic rings. The number of aromatic hydroxyl groups is 1. The summed E-state index contributed by atoms with van der Waals surface area (Å²) in [6.45, 7) is 3.07. The van der Waals surface area contributed by atoms with Gasteiger partial charge in [-0.3, -0.25) is 9.69 Å². The predicted octanol–water partition coefficient (Wildman–Crippen LogP) is 1.19. The van der Waals surface area contributed by atoms with Crippen LogP contribution >= 0.6 is 0 Å². The Labute approximate surface area is 101 Å². The zero-order chi connectivity index (χ0) is 12.4. The molecule has 0 radical (unpaired) electrons. The molecule has 4 nitrogen and oxygen atoms in total. The topological polar surface area (TPSA) is 66.6 Å². The number of nitrogens with two attached hydrogens (primary N) is 1. The quantitative estimate of drug-likeness (QED) is 0.822. The Morgan fingerprint density at radius 2 is 2.35 bits per heavy atom. The fourth-order valence-corrected chi connectivity index (χ4v) is 2.63. The third-order valence-corrected chi connectivity index (χ3v) is 3.42. The van der Waals surface area contributed by atoms with Gasteiger partial charge < -0.3 is 10.8 Å². The Morgan fingerprint density at radius 1 is 1.59 bits per heavy atom. The van der Waals surface area contributed by atoms with Gasteiger partial charge in [0.05, 0.1) is 6.54 Å². The molecule has 2 rings (SSSR count). The average Bonchev–Trinajstić information content (AvgIpc) is 2.71. The van der Waals surface area contributed by atoms with E-state index in [-0.39, 0.29) is 18.5 Å². The van der Waals surface area contributed by atoms with Crippen molar-refractivity contribution in [3.8, 4) is 5.75 Å². The third-order valence-electron chi connectivity index (χ3n) is 3.42. The van der Waals surface area contributed by atoms with E-state index in [2.05, 4.69) is 4.90 Å². The van der Waals surface area contributed by atoms with Gasteiger partial charge in [-0.2, -0.15) is 0 Å². The van der Waals surface area contributed by atoms with E-state index >= 15 is 0 Å². The number of rotatable bonds is 4. The lowest BCUT2D eigenvalue weighted by Gasteiger charge is -2.26. The Morgan fingerprint density at radius 3 is 3.00 bits per heavy atom. The number of phenolic OH excluding ortho intramolecular Hbond substituents is 1. The maximum atomic E-state index is 11.0. The number of primary amides is 1. The highest BCUT2D eigenvalue weighted by Gasteiger charge is 2.29. The number of phenols is 1. The standard InChI is InChI=1S/C13H18N2O2/c1-2-15(8-13(14)17)11-7-6-10-9(11)4-3-5-12(10)16/h3-5,11,16H,2,6-8H2,1H3,(H2,14,17). The number of fused-ring (bicyclic) bond motifs is 1. The van der Waals surface area contributed by atoms with Crippen LogP contribution in [0, 0.1) is 0 Å². The number of amides is 1. The Bertz CT molecular complexity index is 431. The molecule has 0 bridgehead atoms. The van der Waals surface area contributed by atoms with Crippen LogP contribution < -0.4 is 5.73 Å². The number of benzene rings is 1. The van der Waals surface area contributed by atoms with Crippen LogP contribution in [0.4, 0.5) is 0 Å². The minimum atomic E-state index is -0.305. The first-order valence-electron chi connectivity index (χ1n) is 5.96. The molecule has 1 atom stereocenters. The van der Waals surface area contributed by atoms with Crippen LogP contribution in [0.1, 0.15) is 30.5 Å². The monoisotopic (exact) mass is 234 g/mol. The Hall–Kier alpha value is -1.55. The van der Waals surface area contributed by atoms with Crippen molar-refractivity contribution in [2.24, 2.45) is 5.73 Å². The van der Waals surface area contributed by atoms with Gasteiger partial charge in [0.2, 0.25) is 5.91 Å². The average molecular weight is 234 g/mol. The van der Waals surface area contributed by atoms with Gasteiger partial charge in [-0.15, -0.1) is 0 Å². The SMILES string of the molecule is CCN(CC(N)=O)C1CCc2c(O)cccc21. The van der Waals surface area contributed by atoms with Gasteiger partial charge in [-0.05, 0) is 36.6 Å². The van der Waals surface area contributed by atoms with Gasteiger partial charge in [0.25, 0.3) is 0 Å². The summed E-state index contributed by atoms with van der Waals surface area (Å²) in [5.41, 5.74) is 7.40. The van der Waals surface area contributed by atoms with Crippen LogP contribution in [0.3, 0.4) is 0 Å². The maximum Gasteiger partial charge on any atom is 0.231 e. The van der Waals surface area contributed by atoms with Crippen molar-refractivity contribution in [1.29, 1.82) is 0 Å². The van der Waals surface area contributed by atoms with Gasteiger partial charge in [-0.1, -0.05) is 19.1 Å². The lowest BCUT2D eigenvalue weighted by Crippen LogP contribution is -2.35. The smallest absolute Gasteiger partial charge is 0.231 e. The normalized spacial score (nSPS) is 18.4. The molecule has 17 heavy (non-hydrogen) atoms. The molecule has 0 heterocycles. The molecule has 0 aromatic heterocycles. The minimum Gasteiger partial charge on any atom is -0.508 e. The van der Waals surface area contributed by atoms with Crippen LogP contribution in [0.15, 0.2) is 18.2 Å². The molecule has 0 saturated carbocycles. The van der Waals surface area contributed by atoms with E-state index in [9.17, 15) is 9.90 Å². The van der Waals surface area contributed by atoms with Crippen LogP contribution in [0.25, 0.3) is 0 Å². The van der Waals surface area contributed by atoms with Gasteiger partial charge in [0.1, 0.15) is 5.75 Å². The predicted molar refractivity (Wildman–Crippen MR) is 65.6 cm³/mol. The van der Waals surface area contributed by atoms with Crippen molar-refractivity contribution >= 4 is 5.91 Å². The zero-order valence-electron chi connectivity index (χ0n) is 10.0. The highest BCUT2D eigenvalue weighted by molar-refractivity contribution is 5.76. The van der Waals surface area contributed by atoms with Crippen LogP contribution in [-0.4, -0.2) is 29.0 Å². The van der Waals surface area contributed by atoms with Crippen molar-refractivity contribution in [3.05, 3.63) is 29.3 Å². The van der Waals surface area contributed by atoms with E-state index in [1.807, 2.05) is 19.1 Å². The molecular formula is C13H18N2O2. The van der Waals surface area contributed by atoms with E-state index in [0.717, 1.165) is 30.5 Å². The lowest BCUT2D eigenvalue weighted by atomic mass is 10.1. The van der Waals surface area contributed by atoms with E-state index < -0.39 is 0 Å². The molecule has 1 unspecified atom stereocenters. The highest BCUT2D eigenvalue weighted by Crippen LogP contribution is 2.39. The highest BCUT2D eigenvalue weighted by atomic mass is 16.3. The van der Waals surface area contributed by atoms with E-state index in [1.54, 1.807) is 6.07 Å². The van der Waals surface area contributed by atoms with Crippen LogP contribution in [0.2, 0.25) is 0 Å². The number of carbonyl (C=O) groups excluding carboxylic acids is 1. The first-order valence-corrected chi connectivity index (χ1v) is 5.96. The summed E-state index contributed by atoms with van der Waals surface area (Å²) in [6.07, 6.45) is 1.80. The molecule has 1 aromatic carbocycles. The second kappa shape index (κ2) is 4.75. The molecule has 0 fully saturated rings. The summed E-state index contributed by atoms with van der Waals surface area (Å²) < 4.78 is 0. The molecule has 1 aromatic rings. The molecule has 0 aliphatic heterocycles. The number of hydrogen-bond acceptors (Lipinski definition) is 3. The first kappa shape index (κ1) is 11.9. The van der Waals surface area contributed by atoms with E-state index in [4.69, 9.17) is 5.73 Å². The van der Waals surface area contributed by atoms with Crippen molar-refractivity contribution in [2.75, 3.05) is 13.1 Å². The van der Waals surface area contributed by atoms with Gasteiger partial charge in [-0.25, -0.2) is 0 Å². The van der Waals surface area contributed by atoms with Crippen molar-refractivity contribution < 1.29 is 9.90 Å². The third kappa shape index (κ3) is 2.26. The summed E-state index contributed by atoms with van der Waals surface area (Å²) in [5, 5.41) is 9.78. The largest absolute Gasteiger partial charge is 0.508 e. The van der Waals surface area contributed by atoms with Crippen LogP contribution in [0.5, 0.6) is 5.75 Å². The molecule has 92 valence electrons. The molecule has 1 amide bonds. The van der Waals surface area contributed by atoms with Crippen LogP contribution in [-0.2, 0) is 11.2 Å². The van der Waals surface area contributed by atoms with Crippen molar-refractivity contribution in [2.45, 2.75) is 25.8 Å². The number of hydrogen-bond donors (Lipinski definition) is 2. The van der Waals surface area contributed by atoms with Gasteiger partial charge in [0.15, 0.2) is 0 Å². The molecule has 3 N–H and O–H groups in total. The van der Waals surface area contributed by atoms with E-state index in [1.165, 1.54) is 0 Å². The summed E-state index contributed by atoms with van der Waals surface area (Å²) >= 11 is 0. The zero-order valence-corrected chi connectivity index (χ0v) is 10.0. The molecule has 4 heteroatoms. The second-order valence-electron chi connectivity index (χ2n) is 4.43. The molecule has 1 aliphatic carbocycles. The summed E-state index contributed by atoms with van der Waals surface area (Å²) in [7, 11) is 0. The molecule has 0 spiro atoms. The minimum absolute atomic E-state index is 0.203. The Kier molecular flexibility index (Phi) is 3.33. The lowest BCUT2D eigenvalue weighted by molar-refractivity contribution is -0.119. The summed E-state index contributed by atoms with van der Waals surface area (Å²) in [4.78, 5) is 13.1. The maximum absolute atomic E-state index is 11.0. The van der Waals surface area contributed by atoms with Crippen molar-refractivity contribution in [3.63, 3.8) is 0 Å². The number of likely N-dealkylation sites (N-methyl/N-ethyl adjacent to an activating group) is 1. The summed E-state index contributed by atoms with van der Waals surface area (Å²) in [6, 6.07) is 5.79. The number of carbonyl (C=O) groups is 1. The number of nitrogens with zero attached hydrogens (tertiary/aromatic N) is 1. The summed E-state index contributed by atoms with van der Waals surface area (Å²) in [5.74, 6) is 0.0561. The van der Waals surface area contributed by atoms with Gasteiger partial charge in [0, 0.05) is 6.04 Å². The van der Waals surface area contributed by atoms with Gasteiger partial charge >= 0.3 is 0 Å². The first-order chi connectivity index (χ1) is 8.13. The second-order valence-corrected chi connectivity index (χ2v) is 4.43.